The summed E-state index contributed by atoms with van der Waals surface area (Å²) in [5, 5.41) is 8.22. The number of anilines is 2. The number of nitrogens with zero attached hydrogens (tertiary/aromatic N) is 1. The Morgan fingerprint density at radius 2 is 1.87 bits per heavy atom. The van der Waals surface area contributed by atoms with Crippen molar-refractivity contribution in [3.05, 3.63) is 119 Å². The summed E-state index contributed by atoms with van der Waals surface area (Å²) in [5.74, 6) is -0.791. The zero-order chi connectivity index (χ0) is 38.4. The second kappa shape index (κ2) is 19.5. The van der Waals surface area contributed by atoms with Gasteiger partial charge in [-0.15, -0.1) is 0 Å². The zero-order valence-electron chi connectivity index (χ0n) is 30.7. The van der Waals surface area contributed by atoms with Gasteiger partial charge in [0, 0.05) is 29.2 Å². The third kappa shape index (κ3) is 11.7. The number of carbonyl (C=O) groups is 2. The minimum atomic E-state index is -4.75. The topological polar surface area (TPSA) is 99.5 Å². The van der Waals surface area contributed by atoms with Gasteiger partial charge in [0.15, 0.2) is 0 Å². The summed E-state index contributed by atoms with van der Waals surface area (Å²) in [6, 6.07) is 8.91. The first kappa shape index (κ1) is 41.4. The molecule has 2 aliphatic rings. The maximum Gasteiger partial charge on any atom is 0.416 e. The van der Waals surface area contributed by atoms with Crippen molar-refractivity contribution in [2.75, 3.05) is 10.6 Å². The molecule has 4 rings (SSSR count). The molecule has 280 valence electrons. The first-order valence-corrected chi connectivity index (χ1v) is 17.9. The van der Waals surface area contributed by atoms with Crippen LogP contribution in [-0.2, 0) is 9.59 Å². The zero-order valence-corrected chi connectivity index (χ0v) is 30.7. The number of allylic oxidation sites excluding steroid dienone is 5. The van der Waals surface area contributed by atoms with Crippen LogP contribution in [0.3, 0.4) is 0 Å². The molecular formula is C41H51F4N5O2. The average molecular weight is 722 g/mol. The van der Waals surface area contributed by atoms with E-state index in [1.165, 1.54) is 18.2 Å². The molecule has 52 heavy (non-hydrogen) atoms. The number of unbranched alkanes of at least 4 members (excludes halogenated alkanes) is 1. The van der Waals surface area contributed by atoms with Gasteiger partial charge in [-0.3, -0.25) is 9.59 Å². The lowest BCUT2D eigenvalue weighted by Crippen LogP contribution is -2.38. The van der Waals surface area contributed by atoms with Gasteiger partial charge in [0.2, 0.25) is 0 Å². The fourth-order valence-corrected chi connectivity index (χ4v) is 5.65. The summed E-state index contributed by atoms with van der Waals surface area (Å²) in [6.07, 6.45) is 11.1. The molecule has 11 heteroatoms. The van der Waals surface area contributed by atoms with Crippen molar-refractivity contribution in [2.24, 2.45) is 11.7 Å². The van der Waals surface area contributed by atoms with E-state index in [1.807, 2.05) is 38.7 Å². The van der Waals surface area contributed by atoms with E-state index in [0.717, 1.165) is 43.7 Å². The molecule has 0 saturated heterocycles. The van der Waals surface area contributed by atoms with E-state index in [9.17, 15) is 22.8 Å². The van der Waals surface area contributed by atoms with Gasteiger partial charge in [-0.1, -0.05) is 83.9 Å². The average Bonchev–Trinajstić information content (AvgIpc) is 3.94. The summed E-state index contributed by atoms with van der Waals surface area (Å²) in [5.41, 5.74) is 6.72. The van der Waals surface area contributed by atoms with Crippen LogP contribution in [0, 0.1) is 11.7 Å². The van der Waals surface area contributed by atoms with E-state index in [1.54, 1.807) is 49.5 Å². The second-order valence-corrected chi connectivity index (χ2v) is 12.4. The Kier molecular flexibility index (Phi) is 15.5. The largest absolute Gasteiger partial charge is 0.416 e. The minimum absolute atomic E-state index is 0.0639. The lowest BCUT2D eigenvalue weighted by molar-refractivity contribution is -0.117. The van der Waals surface area contributed by atoms with Crippen molar-refractivity contribution in [1.82, 2.24) is 10.2 Å². The molecule has 1 atom stereocenters. The van der Waals surface area contributed by atoms with Crippen LogP contribution in [-0.4, -0.2) is 22.9 Å². The molecule has 7 nitrogen and oxygen atoms in total. The second-order valence-electron chi connectivity index (χ2n) is 12.4. The molecule has 0 radical (unpaired) electrons. The standard InChI is InChI=1S/C39H45F4N5O2.C2H6/c1-5-8-11-36-47-37(49)20-21-48(36)35(19-14-26-12-13-26)28-16-18-32(40)33(22-28)46-38(50)34(23-29(10-7-3)39(41,42)43)45-30-17-15-27(9-6-2)31(24-30)25(4)44;1-2/h6,9-11,15-18,20-24,26,35,45H,4-5,7-8,12-14,19,44H2,1-3H3,(H,46,50)(H,47,49);1-2H3/b9-6-,29-10-,34-23-,36-11+;. The van der Waals surface area contributed by atoms with Gasteiger partial charge < -0.3 is 26.6 Å². The summed E-state index contributed by atoms with van der Waals surface area (Å²) < 4.78 is 57.5. The maximum absolute atomic E-state index is 15.4. The number of carbonyl (C=O) groups excluding carboxylic acids is 2. The lowest BCUT2D eigenvalue weighted by Gasteiger charge is -2.35. The first-order valence-electron chi connectivity index (χ1n) is 17.9. The molecule has 0 spiro atoms. The monoisotopic (exact) mass is 721 g/mol. The van der Waals surface area contributed by atoms with Gasteiger partial charge in [0.25, 0.3) is 11.8 Å². The summed E-state index contributed by atoms with van der Waals surface area (Å²) in [7, 11) is 0. The van der Waals surface area contributed by atoms with E-state index in [0.29, 0.717) is 35.4 Å². The Balaban J connectivity index is 0.00000358. The number of nitrogens with one attached hydrogen (secondary N) is 3. The molecule has 2 aromatic carbocycles. The minimum Gasteiger partial charge on any atom is -0.399 e. The molecule has 2 aromatic rings. The number of hydrogen-bond donors (Lipinski definition) is 4. The van der Waals surface area contributed by atoms with Crippen molar-refractivity contribution in [1.29, 1.82) is 0 Å². The van der Waals surface area contributed by atoms with Gasteiger partial charge in [0.1, 0.15) is 17.3 Å². The third-order valence-electron chi connectivity index (χ3n) is 8.37. The number of hydrogen-bond acceptors (Lipinski definition) is 5. The molecule has 1 aliphatic heterocycles. The number of alkyl halides is 3. The first-order chi connectivity index (χ1) is 24.8. The van der Waals surface area contributed by atoms with Gasteiger partial charge in [-0.25, -0.2) is 4.39 Å². The molecular weight excluding hydrogens is 670 g/mol. The maximum atomic E-state index is 15.4. The lowest BCUT2D eigenvalue weighted by atomic mass is 9.97. The summed E-state index contributed by atoms with van der Waals surface area (Å²) in [4.78, 5) is 28.0. The molecule has 1 unspecified atom stereocenters. The van der Waals surface area contributed by atoms with E-state index >= 15 is 4.39 Å². The van der Waals surface area contributed by atoms with E-state index in [-0.39, 0.29) is 35.4 Å². The molecule has 1 fully saturated rings. The van der Waals surface area contributed by atoms with Gasteiger partial charge in [-0.2, -0.15) is 13.2 Å². The van der Waals surface area contributed by atoms with Crippen molar-refractivity contribution in [3.63, 3.8) is 0 Å². The van der Waals surface area contributed by atoms with Crippen LogP contribution >= 0.6 is 0 Å². The number of rotatable bonds is 15. The highest BCUT2D eigenvalue weighted by Crippen LogP contribution is 2.40. The highest BCUT2D eigenvalue weighted by atomic mass is 19.4. The SMILES string of the molecule is C=C(N)c1cc(N/C(=C\C(=C\CC)C(F)(F)F)C(=O)Nc2cc(C(CCC3CC3)N3C=CC(=O)N/C3=C\CCC)ccc2F)ccc1/C=C\C.CC. The molecule has 0 aromatic heterocycles. The van der Waals surface area contributed by atoms with Crippen molar-refractivity contribution in [3.8, 4) is 0 Å². The quantitative estimate of drug-likeness (QED) is 0.0834. The fraction of sp³-hybridized carbons (Fsp3) is 0.366. The van der Waals surface area contributed by atoms with Crippen LogP contribution in [0.5, 0.6) is 0 Å². The van der Waals surface area contributed by atoms with E-state index < -0.39 is 29.2 Å². The predicted molar refractivity (Wildman–Crippen MR) is 204 cm³/mol. The van der Waals surface area contributed by atoms with Crippen LogP contribution in [0.25, 0.3) is 11.8 Å². The molecule has 1 heterocycles. The highest BCUT2D eigenvalue weighted by Gasteiger charge is 2.33. The van der Waals surface area contributed by atoms with Gasteiger partial charge in [-0.05, 0) is 86.1 Å². The smallest absolute Gasteiger partial charge is 0.399 e. The normalized spacial score (nSPS) is 16.4. The Hall–Kier alpha value is -5.06. The third-order valence-corrected chi connectivity index (χ3v) is 8.37. The van der Waals surface area contributed by atoms with Crippen molar-refractivity contribution >= 4 is 35.0 Å². The Bertz CT molecular complexity index is 1730. The Morgan fingerprint density at radius 1 is 1.13 bits per heavy atom. The van der Waals surface area contributed by atoms with Crippen molar-refractivity contribution in [2.45, 2.75) is 91.8 Å². The number of nitrogens with two attached hydrogens (primary N) is 1. The summed E-state index contributed by atoms with van der Waals surface area (Å²) in [6.45, 7) is 13.2. The van der Waals surface area contributed by atoms with Crippen LogP contribution in [0.2, 0.25) is 0 Å². The molecule has 5 N–H and O–H groups in total. The predicted octanol–water partition coefficient (Wildman–Crippen LogP) is 10.5. The van der Waals surface area contributed by atoms with Gasteiger partial charge >= 0.3 is 6.18 Å². The summed E-state index contributed by atoms with van der Waals surface area (Å²) >= 11 is 0. The van der Waals surface area contributed by atoms with E-state index in [2.05, 4.69) is 22.5 Å². The molecule has 0 bridgehead atoms. The Labute approximate surface area is 305 Å². The van der Waals surface area contributed by atoms with E-state index in [4.69, 9.17) is 5.73 Å². The van der Waals surface area contributed by atoms with Crippen molar-refractivity contribution < 1.29 is 27.2 Å². The van der Waals surface area contributed by atoms with Gasteiger partial charge in [0.05, 0.1) is 17.3 Å². The fourth-order valence-electron chi connectivity index (χ4n) is 5.65. The molecule has 1 aliphatic carbocycles. The number of amides is 2. The van der Waals surface area contributed by atoms with Crippen LogP contribution < -0.4 is 21.7 Å². The van der Waals surface area contributed by atoms with Crippen LogP contribution in [0.4, 0.5) is 28.9 Å². The Morgan fingerprint density at radius 3 is 2.48 bits per heavy atom. The van der Waals surface area contributed by atoms with Crippen LogP contribution in [0.15, 0.2) is 96.6 Å². The molecule has 2 amide bonds. The number of halogens is 4. The van der Waals surface area contributed by atoms with Crippen LogP contribution in [0.1, 0.15) is 102 Å². The molecule has 1 saturated carbocycles. The highest BCUT2D eigenvalue weighted by molar-refractivity contribution is 6.06. The number of benzene rings is 2.